The average Bonchev–Trinajstić information content (AvgIpc) is 3.11. The number of nitrogens with one attached hydrogen (secondary N) is 1. The molecule has 0 spiro atoms. The number of fused-ring (bicyclic) bond motifs is 3. The number of alkyl carbamates (subject to hydrolysis) is 1. The van der Waals surface area contributed by atoms with Gasteiger partial charge in [0.05, 0.1) is 17.4 Å². The van der Waals surface area contributed by atoms with Crippen molar-refractivity contribution in [1.29, 1.82) is 0 Å². The second-order valence-corrected chi connectivity index (χ2v) is 7.99. The number of hydrogen-bond acceptors (Lipinski definition) is 5. The van der Waals surface area contributed by atoms with Crippen LogP contribution < -0.4 is 5.32 Å². The molecule has 1 atom stereocenters. The van der Waals surface area contributed by atoms with Crippen LogP contribution in [0.15, 0.2) is 66.7 Å². The zero-order valence-electron chi connectivity index (χ0n) is 17.2. The van der Waals surface area contributed by atoms with Crippen molar-refractivity contribution in [2.24, 2.45) is 0 Å². The average molecular weight is 467 g/mol. The van der Waals surface area contributed by atoms with Crippen molar-refractivity contribution in [2.75, 3.05) is 6.61 Å². The predicted octanol–water partition coefficient (Wildman–Crippen LogP) is 5.30. The van der Waals surface area contributed by atoms with Gasteiger partial charge < -0.3 is 15.2 Å². The first-order valence-electron chi connectivity index (χ1n) is 10.1. The number of hydrogen-bond donors (Lipinski definition) is 2. The summed E-state index contributed by atoms with van der Waals surface area (Å²) in [7, 11) is 0. The Hall–Kier alpha value is -3.91. The van der Waals surface area contributed by atoms with Gasteiger partial charge >= 0.3 is 12.1 Å². The van der Waals surface area contributed by atoms with Gasteiger partial charge in [0.25, 0.3) is 5.69 Å². The molecular formula is C24H19ClN2O6. The molecule has 0 saturated heterocycles. The molecule has 3 aromatic carbocycles. The van der Waals surface area contributed by atoms with E-state index in [4.69, 9.17) is 16.3 Å². The molecule has 0 aromatic heterocycles. The molecule has 0 bridgehead atoms. The smallest absolute Gasteiger partial charge is 0.407 e. The number of nitro groups is 1. The Bertz CT molecular complexity index is 1200. The molecule has 2 N–H and O–H groups in total. The van der Waals surface area contributed by atoms with Crippen molar-refractivity contribution in [3.63, 3.8) is 0 Å². The third-order valence-corrected chi connectivity index (χ3v) is 5.92. The zero-order valence-corrected chi connectivity index (χ0v) is 18.0. The van der Waals surface area contributed by atoms with E-state index in [0.717, 1.165) is 28.3 Å². The summed E-state index contributed by atoms with van der Waals surface area (Å²) in [6.07, 6.45) is -1.36. The number of nitrogens with zero attached hydrogens (tertiary/aromatic N) is 1. The van der Waals surface area contributed by atoms with E-state index in [1.165, 1.54) is 12.1 Å². The predicted molar refractivity (Wildman–Crippen MR) is 121 cm³/mol. The number of halogens is 1. The van der Waals surface area contributed by atoms with Crippen LogP contribution in [0.25, 0.3) is 11.1 Å². The number of carboxylic acid groups (broad SMARTS) is 1. The molecule has 0 aliphatic heterocycles. The van der Waals surface area contributed by atoms with Gasteiger partial charge in [0.1, 0.15) is 6.61 Å². The van der Waals surface area contributed by atoms with Crippen LogP contribution in [0.2, 0.25) is 5.02 Å². The Morgan fingerprint density at radius 1 is 1.06 bits per heavy atom. The van der Waals surface area contributed by atoms with Crippen molar-refractivity contribution < 1.29 is 24.4 Å². The fourth-order valence-electron chi connectivity index (χ4n) is 4.11. The minimum absolute atomic E-state index is 0.0440. The molecular weight excluding hydrogens is 448 g/mol. The Balaban J connectivity index is 1.52. The highest BCUT2D eigenvalue weighted by atomic mass is 35.5. The number of carbonyl (C=O) groups is 2. The maximum Gasteiger partial charge on any atom is 0.407 e. The molecule has 1 aliphatic carbocycles. The first kappa shape index (κ1) is 22.3. The number of benzene rings is 3. The van der Waals surface area contributed by atoms with E-state index in [1.807, 2.05) is 48.5 Å². The quantitative estimate of drug-likeness (QED) is 0.360. The highest BCUT2D eigenvalue weighted by molar-refractivity contribution is 6.31. The van der Waals surface area contributed by atoms with Gasteiger partial charge in [-0.3, -0.25) is 14.9 Å². The normalized spacial score (nSPS) is 13.0. The Labute approximate surface area is 193 Å². The molecule has 0 radical (unpaired) electrons. The van der Waals surface area contributed by atoms with Crippen LogP contribution in [0.5, 0.6) is 0 Å². The fourth-order valence-corrected chi connectivity index (χ4v) is 4.36. The number of ether oxygens (including phenoxy) is 1. The number of amides is 1. The summed E-state index contributed by atoms with van der Waals surface area (Å²) >= 11 is 6.15. The van der Waals surface area contributed by atoms with Gasteiger partial charge in [0.15, 0.2) is 0 Å². The summed E-state index contributed by atoms with van der Waals surface area (Å²) in [4.78, 5) is 34.5. The minimum atomic E-state index is -1.21. The van der Waals surface area contributed by atoms with Crippen LogP contribution in [0.1, 0.15) is 35.1 Å². The molecule has 4 rings (SSSR count). The molecule has 33 heavy (non-hydrogen) atoms. The SMILES string of the molecule is O=C(O)C[C@@H](NC(=O)OCC1c2ccccc2-c2ccccc21)c1cc([N+](=O)[O-])ccc1Cl. The number of nitro benzene ring substituents is 1. The summed E-state index contributed by atoms with van der Waals surface area (Å²) < 4.78 is 5.47. The third-order valence-electron chi connectivity index (χ3n) is 5.58. The first-order valence-corrected chi connectivity index (χ1v) is 10.5. The molecule has 8 nitrogen and oxygen atoms in total. The second kappa shape index (κ2) is 9.30. The monoisotopic (exact) mass is 466 g/mol. The van der Waals surface area contributed by atoms with Crippen molar-refractivity contribution in [2.45, 2.75) is 18.4 Å². The minimum Gasteiger partial charge on any atom is -0.481 e. The summed E-state index contributed by atoms with van der Waals surface area (Å²) in [5, 5.41) is 23.0. The third kappa shape index (κ3) is 4.65. The van der Waals surface area contributed by atoms with E-state index in [0.29, 0.717) is 0 Å². The molecule has 0 saturated carbocycles. The number of non-ortho nitro benzene ring substituents is 1. The molecule has 9 heteroatoms. The van der Waals surface area contributed by atoms with E-state index in [9.17, 15) is 24.8 Å². The van der Waals surface area contributed by atoms with E-state index in [2.05, 4.69) is 5.32 Å². The molecule has 1 amide bonds. The van der Waals surface area contributed by atoms with Crippen molar-refractivity contribution >= 4 is 29.4 Å². The van der Waals surface area contributed by atoms with E-state index in [1.54, 1.807) is 0 Å². The van der Waals surface area contributed by atoms with Gasteiger partial charge in [0.2, 0.25) is 0 Å². The van der Waals surface area contributed by atoms with Crippen LogP contribution in [0, 0.1) is 10.1 Å². The van der Waals surface area contributed by atoms with Gasteiger partial charge in [-0.2, -0.15) is 0 Å². The van der Waals surface area contributed by atoms with Gasteiger partial charge in [-0.25, -0.2) is 4.79 Å². The Morgan fingerprint density at radius 2 is 1.67 bits per heavy atom. The number of aliphatic carboxylic acids is 1. The van der Waals surface area contributed by atoms with Crippen LogP contribution in [0.3, 0.4) is 0 Å². The highest BCUT2D eigenvalue weighted by Gasteiger charge is 2.30. The standard InChI is InChI=1S/C24H19ClN2O6/c25-21-10-9-14(27(31)32)11-19(21)22(12-23(28)29)26-24(30)33-13-20-17-7-3-1-5-15(17)16-6-2-4-8-18(16)20/h1-11,20,22H,12-13H2,(H,26,30)(H,28,29)/t22-/m1/s1. The van der Waals surface area contributed by atoms with Crippen LogP contribution in [-0.2, 0) is 9.53 Å². The van der Waals surface area contributed by atoms with Gasteiger partial charge in [-0.15, -0.1) is 0 Å². The Morgan fingerprint density at radius 3 is 2.24 bits per heavy atom. The molecule has 0 heterocycles. The van der Waals surface area contributed by atoms with Crippen molar-refractivity contribution in [1.82, 2.24) is 5.32 Å². The van der Waals surface area contributed by atoms with E-state index >= 15 is 0 Å². The summed E-state index contributed by atoms with van der Waals surface area (Å²) in [5.41, 5.74) is 4.09. The van der Waals surface area contributed by atoms with E-state index in [-0.39, 0.29) is 28.8 Å². The lowest BCUT2D eigenvalue weighted by molar-refractivity contribution is -0.384. The Kier molecular flexibility index (Phi) is 6.28. The fraction of sp³-hybridized carbons (Fsp3) is 0.167. The molecule has 3 aromatic rings. The maximum absolute atomic E-state index is 12.6. The maximum atomic E-state index is 12.6. The second-order valence-electron chi connectivity index (χ2n) is 7.58. The largest absolute Gasteiger partial charge is 0.481 e. The molecule has 0 fully saturated rings. The van der Waals surface area contributed by atoms with Gasteiger partial charge in [-0.05, 0) is 28.3 Å². The topological polar surface area (TPSA) is 119 Å². The first-order chi connectivity index (χ1) is 15.8. The summed E-state index contributed by atoms with van der Waals surface area (Å²) in [6.45, 7) is 0.0440. The molecule has 0 unspecified atom stereocenters. The van der Waals surface area contributed by atoms with Gasteiger partial charge in [-0.1, -0.05) is 60.1 Å². The number of rotatable bonds is 7. The lowest BCUT2D eigenvalue weighted by Gasteiger charge is -2.20. The lowest BCUT2D eigenvalue weighted by Crippen LogP contribution is -2.32. The van der Waals surface area contributed by atoms with E-state index < -0.39 is 29.4 Å². The lowest BCUT2D eigenvalue weighted by atomic mass is 9.98. The summed E-state index contributed by atoms with van der Waals surface area (Å²) in [6, 6.07) is 18.3. The molecule has 168 valence electrons. The van der Waals surface area contributed by atoms with Crippen molar-refractivity contribution in [3.8, 4) is 11.1 Å². The van der Waals surface area contributed by atoms with Crippen molar-refractivity contribution in [3.05, 3.63) is 98.6 Å². The van der Waals surface area contributed by atoms with Gasteiger partial charge in [0, 0.05) is 28.6 Å². The summed E-state index contributed by atoms with van der Waals surface area (Å²) in [5.74, 6) is -1.37. The number of carboxylic acids is 1. The highest BCUT2D eigenvalue weighted by Crippen LogP contribution is 2.44. The zero-order chi connectivity index (χ0) is 23.5. The van der Waals surface area contributed by atoms with Crippen LogP contribution in [0.4, 0.5) is 10.5 Å². The number of carbonyl (C=O) groups excluding carboxylic acids is 1. The molecule has 1 aliphatic rings. The van der Waals surface area contributed by atoms with Crippen LogP contribution >= 0.6 is 11.6 Å². The van der Waals surface area contributed by atoms with Crippen LogP contribution in [-0.4, -0.2) is 28.7 Å².